The SMILES string of the molecule is CCC(C)C(C)CCC(C)CCC1C(C)C1(C)CC. The van der Waals surface area contributed by atoms with Crippen molar-refractivity contribution in [3.63, 3.8) is 0 Å². The Morgan fingerprint density at radius 1 is 0.947 bits per heavy atom. The second kappa shape index (κ2) is 7.14. The molecule has 1 rings (SSSR count). The second-order valence-corrected chi connectivity index (χ2v) is 7.88. The van der Waals surface area contributed by atoms with E-state index in [1.54, 1.807) is 0 Å². The van der Waals surface area contributed by atoms with Gasteiger partial charge in [-0.15, -0.1) is 0 Å². The summed E-state index contributed by atoms with van der Waals surface area (Å²) in [4.78, 5) is 0. The summed E-state index contributed by atoms with van der Waals surface area (Å²) in [5.74, 6) is 4.74. The predicted molar refractivity (Wildman–Crippen MR) is 87.3 cm³/mol. The number of rotatable bonds is 9. The lowest BCUT2D eigenvalue weighted by molar-refractivity contribution is 0.312. The highest BCUT2D eigenvalue weighted by Crippen LogP contribution is 2.62. The molecule has 6 unspecified atom stereocenters. The summed E-state index contributed by atoms with van der Waals surface area (Å²) in [5.41, 5.74) is 0.684. The van der Waals surface area contributed by atoms with Crippen molar-refractivity contribution in [2.45, 2.75) is 87.0 Å². The third-order valence-electron chi connectivity index (χ3n) is 6.84. The third kappa shape index (κ3) is 4.23. The van der Waals surface area contributed by atoms with Crippen LogP contribution in [-0.4, -0.2) is 0 Å². The monoisotopic (exact) mass is 266 g/mol. The molecule has 0 radical (unpaired) electrons. The van der Waals surface area contributed by atoms with E-state index in [4.69, 9.17) is 0 Å². The minimum absolute atomic E-state index is 0.684. The van der Waals surface area contributed by atoms with Crippen LogP contribution in [-0.2, 0) is 0 Å². The lowest BCUT2D eigenvalue weighted by Gasteiger charge is -2.20. The van der Waals surface area contributed by atoms with Crippen LogP contribution in [0.2, 0.25) is 0 Å². The van der Waals surface area contributed by atoms with Crippen LogP contribution in [0.4, 0.5) is 0 Å². The normalized spacial score (nSPS) is 34.9. The Bertz CT molecular complexity index is 257. The molecule has 1 aliphatic rings. The van der Waals surface area contributed by atoms with Gasteiger partial charge in [0.2, 0.25) is 0 Å². The predicted octanol–water partition coefficient (Wildman–Crippen LogP) is 6.55. The highest BCUT2D eigenvalue weighted by atomic mass is 14.6. The molecule has 0 nitrogen and oxygen atoms in total. The zero-order valence-electron chi connectivity index (χ0n) is 14.6. The summed E-state index contributed by atoms with van der Waals surface area (Å²) in [6, 6.07) is 0. The topological polar surface area (TPSA) is 0 Å². The molecular weight excluding hydrogens is 228 g/mol. The smallest absolute Gasteiger partial charge is 0.0269 e. The highest BCUT2D eigenvalue weighted by Gasteiger charge is 2.55. The summed E-state index contributed by atoms with van der Waals surface area (Å²) in [6.07, 6.45) is 8.52. The molecule has 1 fully saturated rings. The van der Waals surface area contributed by atoms with E-state index >= 15 is 0 Å². The van der Waals surface area contributed by atoms with Crippen LogP contribution in [0.15, 0.2) is 0 Å². The number of hydrogen-bond acceptors (Lipinski definition) is 0. The first-order valence-corrected chi connectivity index (χ1v) is 8.86. The van der Waals surface area contributed by atoms with Crippen LogP contribution in [0.5, 0.6) is 0 Å². The van der Waals surface area contributed by atoms with Crippen LogP contribution in [0.3, 0.4) is 0 Å². The fourth-order valence-electron chi connectivity index (χ4n) is 3.92. The Morgan fingerprint density at radius 3 is 2.05 bits per heavy atom. The van der Waals surface area contributed by atoms with Crippen molar-refractivity contribution < 1.29 is 0 Å². The van der Waals surface area contributed by atoms with Crippen molar-refractivity contribution in [2.24, 2.45) is 35.0 Å². The van der Waals surface area contributed by atoms with Gasteiger partial charge in [-0.1, -0.05) is 80.6 Å². The Balaban J connectivity index is 2.17. The molecule has 0 aromatic heterocycles. The molecule has 6 atom stereocenters. The van der Waals surface area contributed by atoms with Gasteiger partial charge in [-0.25, -0.2) is 0 Å². The standard InChI is InChI=1S/C19H38/c1-8-15(4)16(5)12-10-14(3)11-13-18-17(6)19(18,7)9-2/h14-18H,8-13H2,1-7H3. The third-order valence-corrected chi connectivity index (χ3v) is 6.84. The van der Waals surface area contributed by atoms with Crippen molar-refractivity contribution in [3.8, 4) is 0 Å². The average molecular weight is 267 g/mol. The second-order valence-electron chi connectivity index (χ2n) is 7.88. The summed E-state index contributed by atoms with van der Waals surface area (Å²) in [7, 11) is 0. The van der Waals surface area contributed by atoms with Gasteiger partial charge in [-0.05, 0) is 41.4 Å². The molecular formula is C19H38. The molecule has 1 saturated carbocycles. The molecule has 0 bridgehead atoms. The largest absolute Gasteiger partial charge is 0.0651 e. The molecule has 0 heterocycles. The molecule has 0 amide bonds. The van der Waals surface area contributed by atoms with E-state index in [1.807, 2.05) is 0 Å². The van der Waals surface area contributed by atoms with Gasteiger partial charge in [0.1, 0.15) is 0 Å². The van der Waals surface area contributed by atoms with E-state index < -0.39 is 0 Å². The molecule has 0 saturated heterocycles. The molecule has 0 aliphatic heterocycles. The van der Waals surface area contributed by atoms with Gasteiger partial charge in [-0.2, -0.15) is 0 Å². The van der Waals surface area contributed by atoms with Crippen molar-refractivity contribution in [1.29, 1.82) is 0 Å². The van der Waals surface area contributed by atoms with E-state index in [0.717, 1.165) is 29.6 Å². The van der Waals surface area contributed by atoms with Gasteiger partial charge in [0.15, 0.2) is 0 Å². The van der Waals surface area contributed by atoms with Gasteiger partial charge >= 0.3 is 0 Å². The minimum atomic E-state index is 0.684. The molecule has 1 aliphatic carbocycles. The molecule has 0 heteroatoms. The van der Waals surface area contributed by atoms with Gasteiger partial charge in [0.25, 0.3) is 0 Å². The first-order chi connectivity index (χ1) is 8.86. The van der Waals surface area contributed by atoms with Crippen LogP contribution in [0.1, 0.15) is 87.0 Å². The van der Waals surface area contributed by atoms with Crippen LogP contribution in [0.25, 0.3) is 0 Å². The molecule has 0 spiro atoms. The Hall–Kier alpha value is 0. The zero-order valence-corrected chi connectivity index (χ0v) is 14.6. The van der Waals surface area contributed by atoms with Gasteiger partial charge in [-0.3, -0.25) is 0 Å². The fraction of sp³-hybridized carbons (Fsp3) is 1.00. The zero-order chi connectivity index (χ0) is 14.6. The molecule has 0 aromatic carbocycles. The van der Waals surface area contributed by atoms with Crippen LogP contribution < -0.4 is 0 Å². The van der Waals surface area contributed by atoms with Gasteiger partial charge in [0, 0.05) is 0 Å². The van der Waals surface area contributed by atoms with Gasteiger partial charge < -0.3 is 0 Å². The Labute approximate surface area is 122 Å². The van der Waals surface area contributed by atoms with E-state index in [0.29, 0.717) is 5.41 Å². The van der Waals surface area contributed by atoms with Crippen molar-refractivity contribution in [1.82, 2.24) is 0 Å². The molecule has 114 valence electrons. The van der Waals surface area contributed by atoms with Crippen LogP contribution in [0, 0.1) is 35.0 Å². The van der Waals surface area contributed by atoms with E-state index in [1.165, 1.54) is 38.5 Å². The Morgan fingerprint density at radius 2 is 1.58 bits per heavy atom. The molecule has 0 N–H and O–H groups in total. The molecule has 0 aromatic rings. The number of hydrogen-bond donors (Lipinski definition) is 0. The minimum Gasteiger partial charge on any atom is -0.0651 e. The van der Waals surface area contributed by atoms with E-state index in [9.17, 15) is 0 Å². The molecule has 19 heavy (non-hydrogen) atoms. The van der Waals surface area contributed by atoms with Crippen LogP contribution >= 0.6 is 0 Å². The maximum Gasteiger partial charge on any atom is -0.0269 e. The summed E-state index contributed by atoms with van der Waals surface area (Å²) >= 11 is 0. The summed E-state index contributed by atoms with van der Waals surface area (Å²) < 4.78 is 0. The van der Waals surface area contributed by atoms with Gasteiger partial charge in [0.05, 0.1) is 0 Å². The quantitative estimate of drug-likeness (QED) is 0.444. The van der Waals surface area contributed by atoms with Crippen molar-refractivity contribution in [2.75, 3.05) is 0 Å². The lowest BCUT2D eigenvalue weighted by Crippen LogP contribution is -2.09. The highest BCUT2D eigenvalue weighted by molar-refractivity contribution is 5.04. The maximum atomic E-state index is 2.50. The summed E-state index contributed by atoms with van der Waals surface area (Å²) in [6.45, 7) is 17.0. The van der Waals surface area contributed by atoms with Crippen molar-refractivity contribution >= 4 is 0 Å². The fourth-order valence-corrected chi connectivity index (χ4v) is 3.92. The average Bonchev–Trinajstić information content (AvgIpc) is 2.94. The lowest BCUT2D eigenvalue weighted by atomic mass is 9.86. The first kappa shape index (κ1) is 17.1. The Kier molecular flexibility index (Phi) is 6.40. The van der Waals surface area contributed by atoms with Crippen molar-refractivity contribution in [3.05, 3.63) is 0 Å². The van der Waals surface area contributed by atoms with E-state index in [-0.39, 0.29) is 0 Å². The van der Waals surface area contributed by atoms with E-state index in [2.05, 4.69) is 48.5 Å². The summed E-state index contributed by atoms with van der Waals surface area (Å²) in [5, 5.41) is 0. The first-order valence-electron chi connectivity index (χ1n) is 8.86. The maximum absolute atomic E-state index is 2.50.